The van der Waals surface area contributed by atoms with Crippen LogP contribution < -0.4 is 4.90 Å². The minimum Gasteiger partial charge on any atom is -0.385 e. The average molecular weight is 336 g/mol. The van der Waals surface area contributed by atoms with Crippen LogP contribution in [0.1, 0.15) is 43.0 Å². The van der Waals surface area contributed by atoms with Gasteiger partial charge in [-0.3, -0.25) is 0 Å². The lowest BCUT2D eigenvalue weighted by atomic mass is 9.84. The highest BCUT2D eigenvalue weighted by atomic mass is 35.5. The minimum absolute atomic E-state index is 0.598. The Morgan fingerprint density at radius 2 is 1.86 bits per heavy atom. The average Bonchev–Trinajstić information content (AvgIpc) is 3.26. The van der Waals surface area contributed by atoms with Crippen LogP contribution in [-0.4, -0.2) is 27.6 Å². The maximum Gasteiger partial charge on any atom is 0.205 e. The first-order valence-corrected chi connectivity index (χ1v) is 8.86. The molecule has 2 aromatic rings. The van der Waals surface area contributed by atoms with E-state index in [1.165, 1.54) is 24.4 Å². The molecule has 0 radical (unpaired) electrons. The molecule has 0 atom stereocenters. The van der Waals surface area contributed by atoms with E-state index in [4.69, 9.17) is 11.6 Å². The molecule has 0 bridgehead atoms. The Labute approximate surface area is 138 Å². The molecule has 1 aromatic carbocycles. The Morgan fingerprint density at radius 1 is 1.18 bits per heavy atom. The summed E-state index contributed by atoms with van der Waals surface area (Å²) in [4.78, 5) is 6.91. The third kappa shape index (κ3) is 2.73. The second kappa shape index (κ2) is 5.48. The molecule has 4 nitrogen and oxygen atoms in total. The Balaban J connectivity index is 1.45. The van der Waals surface area contributed by atoms with Gasteiger partial charge in [-0.15, -0.1) is 0 Å². The van der Waals surface area contributed by atoms with Gasteiger partial charge < -0.3 is 10.0 Å². The topological polar surface area (TPSA) is 49.2 Å². The SMILES string of the molecule is OC1(c2ccc(Cl)cc2)CCN(c2nc(C3CC3)ns2)CC1. The quantitative estimate of drug-likeness (QED) is 0.931. The molecule has 2 heterocycles. The van der Waals surface area contributed by atoms with Crippen molar-refractivity contribution in [2.24, 2.45) is 0 Å². The normalized spacial score (nSPS) is 21.1. The van der Waals surface area contributed by atoms with Gasteiger partial charge in [0.15, 0.2) is 0 Å². The predicted octanol–water partition coefficient (Wildman–Crippen LogP) is 3.56. The summed E-state index contributed by atoms with van der Waals surface area (Å²) in [7, 11) is 0. The zero-order chi connectivity index (χ0) is 15.2. The zero-order valence-corrected chi connectivity index (χ0v) is 13.8. The molecule has 1 saturated carbocycles. The van der Waals surface area contributed by atoms with Crippen molar-refractivity contribution in [3.8, 4) is 0 Å². The third-order valence-corrected chi connectivity index (χ3v) is 5.66. The highest BCUT2D eigenvalue weighted by Gasteiger charge is 2.35. The van der Waals surface area contributed by atoms with E-state index in [-0.39, 0.29) is 0 Å². The molecule has 0 spiro atoms. The monoisotopic (exact) mass is 335 g/mol. The summed E-state index contributed by atoms with van der Waals surface area (Å²) in [5, 5.41) is 12.6. The maximum atomic E-state index is 10.9. The number of anilines is 1. The van der Waals surface area contributed by atoms with Crippen LogP contribution >= 0.6 is 23.1 Å². The fourth-order valence-electron chi connectivity index (χ4n) is 2.98. The number of rotatable bonds is 3. The smallest absolute Gasteiger partial charge is 0.205 e. The molecule has 116 valence electrons. The Hall–Kier alpha value is -1.17. The number of aromatic nitrogens is 2. The lowest BCUT2D eigenvalue weighted by molar-refractivity contribution is 0.0118. The summed E-state index contributed by atoms with van der Waals surface area (Å²) in [5.41, 5.74) is 0.193. The van der Waals surface area contributed by atoms with Crippen molar-refractivity contribution in [1.82, 2.24) is 9.36 Å². The third-order valence-electron chi connectivity index (χ3n) is 4.62. The summed E-state index contributed by atoms with van der Waals surface area (Å²) in [6.45, 7) is 1.61. The predicted molar refractivity (Wildman–Crippen MR) is 88.7 cm³/mol. The van der Waals surface area contributed by atoms with Gasteiger partial charge in [0.1, 0.15) is 5.82 Å². The zero-order valence-electron chi connectivity index (χ0n) is 12.2. The van der Waals surface area contributed by atoms with Gasteiger partial charge in [-0.2, -0.15) is 4.37 Å². The van der Waals surface area contributed by atoms with Crippen LogP contribution in [-0.2, 0) is 5.60 Å². The van der Waals surface area contributed by atoms with E-state index in [9.17, 15) is 5.11 Å². The highest BCUT2D eigenvalue weighted by Crippen LogP contribution is 2.41. The van der Waals surface area contributed by atoms with Crippen molar-refractivity contribution in [3.05, 3.63) is 40.7 Å². The summed E-state index contributed by atoms with van der Waals surface area (Å²) in [6.07, 6.45) is 3.86. The van der Waals surface area contributed by atoms with E-state index < -0.39 is 5.60 Å². The second-order valence-corrected chi connectivity index (χ2v) is 7.40. The molecule has 6 heteroatoms. The lowest BCUT2D eigenvalue weighted by Gasteiger charge is -2.38. The first-order valence-electron chi connectivity index (χ1n) is 7.71. The van der Waals surface area contributed by atoms with E-state index >= 15 is 0 Å². The number of piperidine rings is 1. The number of hydrogen-bond donors (Lipinski definition) is 1. The van der Waals surface area contributed by atoms with E-state index in [2.05, 4.69) is 14.3 Å². The van der Waals surface area contributed by atoms with Crippen LogP contribution in [0, 0.1) is 0 Å². The first kappa shape index (κ1) is 14.4. The fourth-order valence-corrected chi connectivity index (χ4v) is 3.90. The van der Waals surface area contributed by atoms with Crippen molar-refractivity contribution in [1.29, 1.82) is 0 Å². The second-order valence-electron chi connectivity index (χ2n) is 6.23. The Bertz CT molecular complexity index is 660. The molecule has 1 aromatic heterocycles. The number of nitrogens with zero attached hydrogens (tertiary/aromatic N) is 3. The molecule has 22 heavy (non-hydrogen) atoms. The van der Waals surface area contributed by atoms with Crippen LogP contribution in [0.25, 0.3) is 0 Å². The van der Waals surface area contributed by atoms with Gasteiger partial charge in [0.25, 0.3) is 0 Å². The van der Waals surface area contributed by atoms with Crippen molar-refractivity contribution in [2.75, 3.05) is 18.0 Å². The molecule has 1 saturated heterocycles. The van der Waals surface area contributed by atoms with Crippen molar-refractivity contribution in [2.45, 2.75) is 37.2 Å². The number of benzene rings is 1. The maximum absolute atomic E-state index is 10.9. The van der Waals surface area contributed by atoms with Crippen molar-refractivity contribution >= 4 is 28.3 Å². The first-order chi connectivity index (χ1) is 10.6. The Kier molecular flexibility index (Phi) is 3.59. The molecular weight excluding hydrogens is 318 g/mol. The van der Waals surface area contributed by atoms with Crippen molar-refractivity contribution < 1.29 is 5.11 Å². The summed E-state index contributed by atoms with van der Waals surface area (Å²) in [5.74, 6) is 1.61. The van der Waals surface area contributed by atoms with Gasteiger partial charge >= 0.3 is 0 Å². The molecule has 4 rings (SSSR count). The van der Waals surface area contributed by atoms with Crippen molar-refractivity contribution in [3.63, 3.8) is 0 Å². The Morgan fingerprint density at radius 3 is 2.50 bits per heavy atom. The summed E-state index contributed by atoms with van der Waals surface area (Å²) < 4.78 is 4.47. The van der Waals surface area contributed by atoms with Crippen LogP contribution in [0.15, 0.2) is 24.3 Å². The summed E-state index contributed by atoms with van der Waals surface area (Å²) >= 11 is 7.42. The standard InChI is InChI=1S/C16H18ClN3OS/c17-13-5-3-12(4-6-13)16(21)7-9-20(10-8-16)15-18-14(19-22-15)11-1-2-11/h3-6,11,21H,1-2,7-10H2. The molecular formula is C16H18ClN3OS. The van der Waals surface area contributed by atoms with Gasteiger partial charge in [-0.25, -0.2) is 4.98 Å². The molecule has 2 aliphatic rings. The molecule has 1 N–H and O–H groups in total. The van der Waals surface area contributed by atoms with Crippen LogP contribution in [0.2, 0.25) is 5.02 Å². The van der Waals surface area contributed by atoms with Crippen LogP contribution in [0.5, 0.6) is 0 Å². The van der Waals surface area contributed by atoms with Gasteiger partial charge in [0, 0.05) is 35.6 Å². The molecule has 1 aliphatic heterocycles. The van der Waals surface area contributed by atoms with Crippen LogP contribution in [0.4, 0.5) is 5.13 Å². The molecule has 0 unspecified atom stereocenters. The van der Waals surface area contributed by atoms with Gasteiger partial charge in [-0.05, 0) is 43.4 Å². The van der Waals surface area contributed by atoms with E-state index in [0.717, 1.165) is 29.6 Å². The largest absolute Gasteiger partial charge is 0.385 e. The van der Waals surface area contributed by atoms with Gasteiger partial charge in [0.2, 0.25) is 5.13 Å². The lowest BCUT2D eigenvalue weighted by Crippen LogP contribution is -2.42. The van der Waals surface area contributed by atoms with Crippen LogP contribution in [0.3, 0.4) is 0 Å². The van der Waals surface area contributed by atoms with E-state index in [0.29, 0.717) is 23.8 Å². The van der Waals surface area contributed by atoms with E-state index in [1.807, 2.05) is 24.3 Å². The van der Waals surface area contributed by atoms with E-state index in [1.54, 1.807) is 0 Å². The summed E-state index contributed by atoms with van der Waals surface area (Å²) in [6, 6.07) is 7.53. The molecule has 0 amide bonds. The van der Waals surface area contributed by atoms with Gasteiger partial charge in [-0.1, -0.05) is 23.7 Å². The molecule has 2 fully saturated rings. The minimum atomic E-state index is -0.759. The van der Waals surface area contributed by atoms with Gasteiger partial charge in [0.05, 0.1) is 5.60 Å². The number of hydrogen-bond acceptors (Lipinski definition) is 5. The highest BCUT2D eigenvalue weighted by molar-refractivity contribution is 7.09. The fraction of sp³-hybridized carbons (Fsp3) is 0.500. The molecule has 1 aliphatic carbocycles. The number of halogens is 1. The number of aliphatic hydroxyl groups is 1.